The summed E-state index contributed by atoms with van der Waals surface area (Å²) in [5.74, 6) is 0.405. The van der Waals surface area contributed by atoms with Gasteiger partial charge in [-0.15, -0.1) is 0 Å². The molecule has 1 aromatic rings. The molecule has 0 aliphatic heterocycles. The maximum absolute atomic E-state index is 6.00. The normalized spacial score (nSPS) is 9.93. The molecule has 5 heteroatoms. The van der Waals surface area contributed by atoms with Crippen molar-refractivity contribution in [3.8, 4) is 5.75 Å². The Morgan fingerprint density at radius 2 is 1.73 bits per heavy atom. The zero-order valence-electron chi connectivity index (χ0n) is 8.67. The molecule has 15 heavy (non-hydrogen) atoms. The highest BCUT2D eigenvalue weighted by Gasteiger charge is 2.11. The first kappa shape index (κ1) is 12.6. The third-order valence-electron chi connectivity index (χ3n) is 1.70. The average Bonchev–Trinajstić information content (AvgIpc) is 2.10. The zero-order chi connectivity index (χ0) is 11.6. The minimum absolute atomic E-state index is 0.322. The lowest BCUT2D eigenvalue weighted by Gasteiger charge is -2.16. The summed E-state index contributed by atoms with van der Waals surface area (Å²) in [6, 6.07) is 3.56. The van der Waals surface area contributed by atoms with E-state index in [1.54, 1.807) is 31.1 Å². The molecular formula is C10H11Cl2NOS. The van der Waals surface area contributed by atoms with Gasteiger partial charge in [-0.3, -0.25) is 0 Å². The SMILES string of the molecule is Cc1cc(Cl)c(OC(=S)N(C)C)c(Cl)c1. The molecule has 0 bridgehead atoms. The van der Waals surface area contributed by atoms with E-state index < -0.39 is 0 Å². The van der Waals surface area contributed by atoms with Crippen LogP contribution in [0.15, 0.2) is 12.1 Å². The Bertz CT molecular complexity index is 370. The van der Waals surface area contributed by atoms with Gasteiger partial charge in [0.2, 0.25) is 0 Å². The molecule has 82 valence electrons. The fraction of sp³-hybridized carbons (Fsp3) is 0.300. The van der Waals surface area contributed by atoms with Crippen molar-refractivity contribution in [2.75, 3.05) is 14.1 Å². The Labute approximate surface area is 105 Å². The lowest BCUT2D eigenvalue weighted by Crippen LogP contribution is -2.25. The predicted octanol–water partition coefficient (Wildman–Crippen LogP) is 3.53. The summed E-state index contributed by atoms with van der Waals surface area (Å²) >= 11 is 17.0. The Kier molecular flexibility index (Phi) is 4.20. The number of halogens is 2. The van der Waals surface area contributed by atoms with Gasteiger partial charge < -0.3 is 9.64 Å². The summed E-state index contributed by atoms with van der Waals surface area (Å²) in [6.45, 7) is 1.91. The molecule has 0 aliphatic rings. The Morgan fingerprint density at radius 1 is 1.27 bits per heavy atom. The summed E-state index contributed by atoms with van der Waals surface area (Å²) in [5.41, 5.74) is 0.980. The van der Waals surface area contributed by atoms with Crippen molar-refractivity contribution < 1.29 is 4.74 Å². The van der Waals surface area contributed by atoms with Crippen LogP contribution in [0, 0.1) is 6.92 Å². The third kappa shape index (κ3) is 3.23. The number of thiocarbonyl (C=S) groups is 1. The van der Waals surface area contributed by atoms with Crippen molar-refractivity contribution in [2.24, 2.45) is 0 Å². The fourth-order valence-electron chi connectivity index (χ4n) is 0.963. The first-order valence-electron chi connectivity index (χ1n) is 4.26. The topological polar surface area (TPSA) is 12.5 Å². The second-order valence-corrected chi connectivity index (χ2v) is 4.48. The maximum atomic E-state index is 6.00. The van der Waals surface area contributed by atoms with E-state index in [-0.39, 0.29) is 0 Å². The quantitative estimate of drug-likeness (QED) is 0.720. The number of ether oxygens (including phenoxy) is 1. The Hall–Kier alpha value is -0.510. The predicted molar refractivity (Wildman–Crippen MR) is 68.1 cm³/mol. The van der Waals surface area contributed by atoms with E-state index in [4.69, 9.17) is 40.2 Å². The van der Waals surface area contributed by atoms with Crippen molar-refractivity contribution in [3.05, 3.63) is 27.7 Å². The molecular weight excluding hydrogens is 253 g/mol. The number of nitrogens with zero attached hydrogens (tertiary/aromatic N) is 1. The van der Waals surface area contributed by atoms with Crippen LogP contribution in [0.2, 0.25) is 10.0 Å². The van der Waals surface area contributed by atoms with Gasteiger partial charge in [0.1, 0.15) is 0 Å². The van der Waals surface area contributed by atoms with Gasteiger partial charge in [0.05, 0.1) is 10.0 Å². The molecule has 2 nitrogen and oxygen atoms in total. The third-order valence-corrected chi connectivity index (χ3v) is 2.71. The number of benzene rings is 1. The molecule has 0 aromatic heterocycles. The van der Waals surface area contributed by atoms with E-state index in [0.717, 1.165) is 5.56 Å². The molecule has 0 saturated carbocycles. The van der Waals surface area contributed by atoms with Crippen molar-refractivity contribution >= 4 is 40.6 Å². The fourth-order valence-corrected chi connectivity index (χ4v) is 1.72. The van der Waals surface area contributed by atoms with Crippen molar-refractivity contribution in [1.82, 2.24) is 4.90 Å². The average molecular weight is 264 g/mol. The highest BCUT2D eigenvalue weighted by atomic mass is 35.5. The minimum Gasteiger partial charge on any atom is -0.429 e. The van der Waals surface area contributed by atoms with Crippen LogP contribution < -0.4 is 4.74 Å². The molecule has 0 radical (unpaired) electrons. The van der Waals surface area contributed by atoms with E-state index in [9.17, 15) is 0 Å². The van der Waals surface area contributed by atoms with Gasteiger partial charge in [-0.1, -0.05) is 23.2 Å². The van der Waals surface area contributed by atoms with Gasteiger partial charge in [0.25, 0.3) is 5.17 Å². The molecule has 0 saturated heterocycles. The highest BCUT2D eigenvalue weighted by molar-refractivity contribution is 7.80. The van der Waals surface area contributed by atoms with E-state index in [1.165, 1.54) is 0 Å². The van der Waals surface area contributed by atoms with Crippen LogP contribution in [0.5, 0.6) is 5.75 Å². The maximum Gasteiger partial charge on any atom is 0.264 e. The zero-order valence-corrected chi connectivity index (χ0v) is 11.0. The molecule has 0 spiro atoms. The second kappa shape index (κ2) is 5.01. The number of rotatable bonds is 1. The molecule has 1 rings (SSSR count). The lowest BCUT2D eigenvalue weighted by atomic mass is 10.2. The van der Waals surface area contributed by atoms with Gasteiger partial charge in [-0.05, 0) is 36.8 Å². The molecule has 0 N–H and O–H groups in total. The van der Waals surface area contributed by atoms with Gasteiger partial charge in [0, 0.05) is 14.1 Å². The highest BCUT2D eigenvalue weighted by Crippen LogP contribution is 2.34. The van der Waals surface area contributed by atoms with Crippen LogP contribution in [0.4, 0.5) is 0 Å². The van der Waals surface area contributed by atoms with E-state index in [2.05, 4.69) is 0 Å². The van der Waals surface area contributed by atoms with Gasteiger partial charge in [-0.25, -0.2) is 0 Å². The van der Waals surface area contributed by atoms with E-state index in [0.29, 0.717) is 21.0 Å². The summed E-state index contributed by atoms with van der Waals surface area (Å²) in [7, 11) is 3.58. The molecule has 1 aromatic carbocycles. The van der Waals surface area contributed by atoms with E-state index >= 15 is 0 Å². The standard InChI is InChI=1S/C10H11Cl2NOS/c1-6-4-7(11)9(8(12)5-6)14-10(15)13(2)3/h4-5H,1-3H3. The summed E-state index contributed by atoms with van der Waals surface area (Å²) in [5, 5.41) is 1.25. The minimum atomic E-state index is 0.322. The van der Waals surface area contributed by atoms with Crippen molar-refractivity contribution in [3.63, 3.8) is 0 Å². The lowest BCUT2D eigenvalue weighted by molar-refractivity contribution is 0.449. The molecule has 0 amide bonds. The monoisotopic (exact) mass is 263 g/mol. The molecule has 0 atom stereocenters. The number of hydrogen-bond acceptors (Lipinski definition) is 2. The summed E-state index contributed by atoms with van der Waals surface area (Å²) < 4.78 is 5.39. The Morgan fingerprint density at radius 3 is 2.13 bits per heavy atom. The van der Waals surface area contributed by atoms with Crippen LogP contribution >= 0.6 is 35.4 Å². The van der Waals surface area contributed by atoms with Crippen molar-refractivity contribution in [2.45, 2.75) is 6.92 Å². The molecule has 0 heterocycles. The van der Waals surface area contributed by atoms with Gasteiger partial charge in [0.15, 0.2) is 5.75 Å². The summed E-state index contributed by atoms with van der Waals surface area (Å²) in [4.78, 5) is 1.67. The van der Waals surface area contributed by atoms with Crippen LogP contribution in [-0.4, -0.2) is 24.2 Å². The van der Waals surface area contributed by atoms with Crippen LogP contribution in [0.25, 0.3) is 0 Å². The molecule has 0 aliphatic carbocycles. The second-order valence-electron chi connectivity index (χ2n) is 3.32. The first-order chi connectivity index (χ1) is 6.91. The Balaban J connectivity index is 3.00. The molecule has 0 fully saturated rings. The largest absolute Gasteiger partial charge is 0.429 e. The van der Waals surface area contributed by atoms with Gasteiger partial charge >= 0.3 is 0 Å². The number of hydrogen-bond donors (Lipinski definition) is 0. The first-order valence-corrected chi connectivity index (χ1v) is 5.43. The van der Waals surface area contributed by atoms with Gasteiger partial charge in [-0.2, -0.15) is 0 Å². The smallest absolute Gasteiger partial charge is 0.264 e. The van der Waals surface area contributed by atoms with Crippen molar-refractivity contribution in [1.29, 1.82) is 0 Å². The van der Waals surface area contributed by atoms with E-state index in [1.807, 2.05) is 6.92 Å². The molecule has 0 unspecified atom stereocenters. The summed E-state index contributed by atoms with van der Waals surface area (Å²) in [6.07, 6.45) is 0. The van der Waals surface area contributed by atoms with Crippen LogP contribution in [0.3, 0.4) is 0 Å². The van der Waals surface area contributed by atoms with Crippen LogP contribution in [0.1, 0.15) is 5.56 Å². The van der Waals surface area contributed by atoms with Crippen LogP contribution in [-0.2, 0) is 0 Å². The number of aryl methyl sites for hydroxylation is 1.